The van der Waals surface area contributed by atoms with Gasteiger partial charge in [0.05, 0.1) is 12.1 Å². The zero-order valence-electron chi connectivity index (χ0n) is 11.5. The van der Waals surface area contributed by atoms with Crippen molar-refractivity contribution in [3.63, 3.8) is 0 Å². The van der Waals surface area contributed by atoms with Crippen LogP contribution in [-0.2, 0) is 0 Å². The maximum Gasteiger partial charge on any atom is 0.335 e. The SMILES string of the molecule is O=C(O)c1cccc(NC(=O)N2CCOc3cccnc32)c1. The largest absolute Gasteiger partial charge is 0.488 e. The molecule has 3 rings (SSSR count). The number of carboxylic acid groups (broad SMARTS) is 1. The van der Waals surface area contributed by atoms with Crippen LogP contribution in [0.25, 0.3) is 0 Å². The van der Waals surface area contributed by atoms with Gasteiger partial charge >= 0.3 is 12.0 Å². The van der Waals surface area contributed by atoms with Crippen LogP contribution >= 0.6 is 0 Å². The number of nitrogens with one attached hydrogen (secondary N) is 1. The van der Waals surface area contributed by atoms with Crippen LogP contribution in [-0.4, -0.2) is 35.2 Å². The topological polar surface area (TPSA) is 91.8 Å². The third kappa shape index (κ3) is 2.69. The summed E-state index contributed by atoms with van der Waals surface area (Å²) in [6.07, 6.45) is 1.58. The molecular weight excluding hydrogens is 286 g/mol. The number of fused-ring (bicyclic) bond motifs is 1. The summed E-state index contributed by atoms with van der Waals surface area (Å²) >= 11 is 0. The first-order valence-corrected chi connectivity index (χ1v) is 6.65. The molecule has 0 radical (unpaired) electrons. The van der Waals surface area contributed by atoms with E-state index in [-0.39, 0.29) is 11.6 Å². The van der Waals surface area contributed by atoms with E-state index in [1.165, 1.54) is 17.0 Å². The average molecular weight is 299 g/mol. The fraction of sp³-hybridized carbons (Fsp3) is 0.133. The van der Waals surface area contributed by atoms with Gasteiger partial charge in [0.2, 0.25) is 0 Å². The Balaban J connectivity index is 1.81. The molecule has 0 saturated heterocycles. The van der Waals surface area contributed by atoms with Gasteiger partial charge in [-0.05, 0) is 30.3 Å². The molecule has 112 valence electrons. The van der Waals surface area contributed by atoms with Crippen molar-refractivity contribution in [3.05, 3.63) is 48.2 Å². The first kappa shape index (κ1) is 13.9. The number of amides is 2. The predicted molar refractivity (Wildman–Crippen MR) is 79.5 cm³/mol. The minimum absolute atomic E-state index is 0.110. The number of pyridine rings is 1. The summed E-state index contributed by atoms with van der Waals surface area (Å²) in [5.74, 6) is -0.0571. The number of rotatable bonds is 2. The highest BCUT2D eigenvalue weighted by Crippen LogP contribution is 2.28. The number of carbonyl (C=O) groups excluding carboxylic acids is 1. The van der Waals surface area contributed by atoms with E-state index < -0.39 is 5.97 Å². The Morgan fingerprint density at radius 3 is 2.95 bits per heavy atom. The molecule has 22 heavy (non-hydrogen) atoms. The van der Waals surface area contributed by atoms with Gasteiger partial charge in [-0.2, -0.15) is 0 Å². The Morgan fingerprint density at radius 2 is 2.14 bits per heavy atom. The fourth-order valence-corrected chi connectivity index (χ4v) is 2.17. The summed E-state index contributed by atoms with van der Waals surface area (Å²) in [4.78, 5) is 29.0. The molecule has 0 aliphatic carbocycles. The third-order valence-electron chi connectivity index (χ3n) is 3.18. The summed E-state index contributed by atoms with van der Waals surface area (Å²) in [6.45, 7) is 0.746. The Kier molecular flexibility index (Phi) is 3.61. The molecule has 0 atom stereocenters. The molecule has 2 heterocycles. The van der Waals surface area contributed by atoms with Gasteiger partial charge in [0.15, 0.2) is 11.6 Å². The minimum Gasteiger partial charge on any atom is -0.488 e. The molecule has 1 aliphatic heterocycles. The molecule has 0 fully saturated rings. The highest BCUT2D eigenvalue weighted by Gasteiger charge is 2.24. The van der Waals surface area contributed by atoms with Crippen molar-refractivity contribution in [1.29, 1.82) is 0 Å². The van der Waals surface area contributed by atoms with Crippen molar-refractivity contribution in [1.82, 2.24) is 4.98 Å². The number of ether oxygens (including phenoxy) is 1. The summed E-state index contributed by atoms with van der Waals surface area (Å²) < 4.78 is 5.44. The molecule has 1 aromatic heterocycles. The summed E-state index contributed by atoms with van der Waals surface area (Å²) in [7, 11) is 0. The van der Waals surface area contributed by atoms with Gasteiger partial charge < -0.3 is 15.2 Å². The lowest BCUT2D eigenvalue weighted by Crippen LogP contribution is -2.41. The van der Waals surface area contributed by atoms with Gasteiger partial charge in [-0.15, -0.1) is 0 Å². The van der Waals surface area contributed by atoms with E-state index >= 15 is 0 Å². The molecule has 7 nitrogen and oxygen atoms in total. The van der Waals surface area contributed by atoms with Crippen LogP contribution in [0.3, 0.4) is 0 Å². The number of anilines is 2. The van der Waals surface area contributed by atoms with E-state index in [9.17, 15) is 9.59 Å². The number of hydrogen-bond donors (Lipinski definition) is 2. The van der Waals surface area contributed by atoms with Crippen molar-refractivity contribution in [2.24, 2.45) is 0 Å². The number of hydrogen-bond acceptors (Lipinski definition) is 4. The Labute approximate surface area is 126 Å². The van der Waals surface area contributed by atoms with E-state index in [0.29, 0.717) is 30.4 Å². The van der Waals surface area contributed by atoms with Crippen LogP contribution in [0, 0.1) is 0 Å². The monoisotopic (exact) mass is 299 g/mol. The molecule has 0 saturated carbocycles. The van der Waals surface area contributed by atoms with Crippen molar-refractivity contribution in [2.75, 3.05) is 23.4 Å². The second-order valence-electron chi connectivity index (χ2n) is 4.64. The third-order valence-corrected chi connectivity index (χ3v) is 3.18. The molecule has 0 spiro atoms. The first-order chi connectivity index (χ1) is 10.6. The predicted octanol–water partition coefficient (Wildman–Crippen LogP) is 2.21. The molecular formula is C15H13N3O4. The second kappa shape index (κ2) is 5.72. The van der Waals surface area contributed by atoms with Crippen LogP contribution in [0.2, 0.25) is 0 Å². The first-order valence-electron chi connectivity index (χ1n) is 6.65. The summed E-state index contributed by atoms with van der Waals surface area (Å²) in [5, 5.41) is 11.6. The van der Waals surface area contributed by atoms with E-state index in [1.807, 2.05) is 0 Å². The van der Waals surface area contributed by atoms with Crippen LogP contribution in [0.5, 0.6) is 5.75 Å². The maximum atomic E-state index is 12.4. The summed E-state index contributed by atoms with van der Waals surface area (Å²) in [5.41, 5.74) is 0.521. The van der Waals surface area contributed by atoms with Crippen molar-refractivity contribution in [2.45, 2.75) is 0 Å². The van der Waals surface area contributed by atoms with Crippen molar-refractivity contribution < 1.29 is 19.4 Å². The average Bonchev–Trinajstić information content (AvgIpc) is 2.54. The lowest BCUT2D eigenvalue weighted by Gasteiger charge is -2.28. The van der Waals surface area contributed by atoms with E-state index in [2.05, 4.69) is 10.3 Å². The van der Waals surface area contributed by atoms with Crippen molar-refractivity contribution >= 4 is 23.5 Å². The van der Waals surface area contributed by atoms with Gasteiger partial charge in [-0.1, -0.05) is 6.07 Å². The van der Waals surface area contributed by atoms with Crippen LogP contribution < -0.4 is 15.0 Å². The lowest BCUT2D eigenvalue weighted by molar-refractivity contribution is 0.0697. The number of aromatic carboxylic acids is 1. The van der Waals surface area contributed by atoms with Gasteiger partial charge in [-0.25, -0.2) is 14.6 Å². The van der Waals surface area contributed by atoms with Gasteiger partial charge in [0.1, 0.15) is 6.61 Å². The van der Waals surface area contributed by atoms with Crippen LogP contribution in [0.1, 0.15) is 10.4 Å². The van der Waals surface area contributed by atoms with E-state index in [1.54, 1.807) is 30.5 Å². The second-order valence-corrected chi connectivity index (χ2v) is 4.64. The normalized spacial score (nSPS) is 13.0. The molecule has 2 N–H and O–H groups in total. The Hall–Kier alpha value is -3.09. The van der Waals surface area contributed by atoms with Crippen molar-refractivity contribution in [3.8, 4) is 5.75 Å². The number of nitrogens with zero attached hydrogens (tertiary/aromatic N) is 2. The highest BCUT2D eigenvalue weighted by molar-refractivity contribution is 6.02. The Morgan fingerprint density at radius 1 is 1.27 bits per heavy atom. The van der Waals surface area contributed by atoms with E-state index in [0.717, 1.165) is 0 Å². The maximum absolute atomic E-state index is 12.4. The number of benzene rings is 1. The highest BCUT2D eigenvalue weighted by atomic mass is 16.5. The number of aromatic nitrogens is 1. The standard InChI is InChI=1S/C15H13N3O4/c19-14(20)10-3-1-4-11(9-10)17-15(21)18-7-8-22-12-5-2-6-16-13(12)18/h1-6,9H,7-8H2,(H,17,21)(H,19,20). The van der Waals surface area contributed by atoms with Crippen LogP contribution in [0.4, 0.5) is 16.3 Å². The molecule has 1 aliphatic rings. The smallest absolute Gasteiger partial charge is 0.335 e. The van der Waals surface area contributed by atoms with E-state index in [4.69, 9.17) is 9.84 Å². The fourth-order valence-electron chi connectivity index (χ4n) is 2.17. The van der Waals surface area contributed by atoms with Gasteiger partial charge in [-0.3, -0.25) is 4.90 Å². The van der Waals surface area contributed by atoms with Gasteiger partial charge in [0.25, 0.3) is 0 Å². The lowest BCUT2D eigenvalue weighted by atomic mass is 10.2. The van der Waals surface area contributed by atoms with Gasteiger partial charge in [0, 0.05) is 11.9 Å². The zero-order chi connectivity index (χ0) is 15.5. The molecule has 1 aromatic carbocycles. The quantitative estimate of drug-likeness (QED) is 0.887. The number of urea groups is 1. The number of carboxylic acids is 1. The van der Waals surface area contributed by atoms with Crippen LogP contribution in [0.15, 0.2) is 42.6 Å². The molecule has 2 amide bonds. The molecule has 7 heteroatoms. The molecule has 2 aromatic rings. The Bertz CT molecular complexity index is 732. The zero-order valence-corrected chi connectivity index (χ0v) is 11.5. The molecule has 0 unspecified atom stereocenters. The molecule has 0 bridgehead atoms. The number of carbonyl (C=O) groups is 2. The summed E-state index contributed by atoms with van der Waals surface area (Å²) in [6, 6.07) is 9.16. The minimum atomic E-state index is -1.05.